The van der Waals surface area contributed by atoms with Gasteiger partial charge in [-0.05, 0) is 13.3 Å². The van der Waals surface area contributed by atoms with Gasteiger partial charge in [-0.25, -0.2) is 9.00 Å². The van der Waals surface area contributed by atoms with Gasteiger partial charge in [0, 0.05) is 6.42 Å². The summed E-state index contributed by atoms with van der Waals surface area (Å²) in [6.45, 7) is 1.41. The molecule has 12 heavy (non-hydrogen) atoms. The molecule has 68 valence electrons. The van der Waals surface area contributed by atoms with Gasteiger partial charge in [-0.2, -0.15) is 0 Å². The maximum absolute atomic E-state index is 10.8. The fourth-order valence-corrected chi connectivity index (χ4v) is 0.918. The standard InChI is InChI=1S/C7H10O4S/c1-5(8)3-4-6(12-10)7(9)11-2/h3-4H2,1-2H3. The van der Waals surface area contributed by atoms with Crippen LogP contribution in [0, 0.1) is 0 Å². The van der Waals surface area contributed by atoms with Crippen molar-refractivity contribution >= 4 is 27.9 Å². The van der Waals surface area contributed by atoms with Gasteiger partial charge in [-0.15, -0.1) is 0 Å². The quantitative estimate of drug-likeness (QED) is 0.459. The van der Waals surface area contributed by atoms with Crippen LogP contribution in [0.5, 0.6) is 0 Å². The Bertz CT molecular complexity index is 240. The van der Waals surface area contributed by atoms with Gasteiger partial charge in [0.25, 0.3) is 0 Å². The Morgan fingerprint density at radius 2 is 1.92 bits per heavy atom. The van der Waals surface area contributed by atoms with Crippen molar-refractivity contribution in [1.29, 1.82) is 0 Å². The molecule has 0 aliphatic rings. The molecule has 0 atom stereocenters. The molecule has 0 unspecified atom stereocenters. The molecule has 0 heterocycles. The number of esters is 1. The third-order valence-corrected chi connectivity index (χ3v) is 1.79. The summed E-state index contributed by atoms with van der Waals surface area (Å²) in [7, 11) is 1.20. The number of rotatable bonds is 4. The molecule has 0 aromatic rings. The number of methoxy groups -OCH3 is 1. The van der Waals surface area contributed by atoms with Gasteiger partial charge < -0.3 is 9.53 Å². The SMILES string of the molecule is COC(=O)C(CCC(C)=O)=S=O. The third-order valence-electron chi connectivity index (χ3n) is 1.22. The van der Waals surface area contributed by atoms with E-state index >= 15 is 0 Å². The van der Waals surface area contributed by atoms with E-state index in [2.05, 4.69) is 4.74 Å². The minimum absolute atomic E-state index is 0.0488. The average molecular weight is 190 g/mol. The van der Waals surface area contributed by atoms with Crippen LogP contribution in [-0.4, -0.2) is 27.9 Å². The first-order valence-electron chi connectivity index (χ1n) is 3.35. The van der Waals surface area contributed by atoms with Gasteiger partial charge in [0.05, 0.1) is 18.4 Å². The highest BCUT2D eigenvalue weighted by molar-refractivity contribution is 7.68. The highest BCUT2D eigenvalue weighted by atomic mass is 32.1. The largest absolute Gasteiger partial charge is 0.465 e. The monoisotopic (exact) mass is 190 g/mol. The fourth-order valence-electron chi connectivity index (χ4n) is 0.581. The van der Waals surface area contributed by atoms with E-state index in [-0.39, 0.29) is 34.7 Å². The second-order valence-corrected chi connectivity index (χ2v) is 2.86. The third kappa shape index (κ3) is 4.02. The number of ketones is 1. The van der Waals surface area contributed by atoms with E-state index in [1.165, 1.54) is 14.0 Å². The molecule has 0 rings (SSSR count). The minimum atomic E-state index is -0.642. The van der Waals surface area contributed by atoms with Gasteiger partial charge >= 0.3 is 5.97 Å². The lowest BCUT2D eigenvalue weighted by Gasteiger charge is -1.97. The molecule has 0 aromatic heterocycles. The second-order valence-electron chi connectivity index (χ2n) is 2.20. The van der Waals surface area contributed by atoms with E-state index < -0.39 is 5.97 Å². The Morgan fingerprint density at radius 3 is 2.25 bits per heavy atom. The summed E-state index contributed by atoms with van der Waals surface area (Å²) < 4.78 is 14.6. The van der Waals surface area contributed by atoms with Gasteiger partial charge in [0.1, 0.15) is 10.6 Å². The second kappa shape index (κ2) is 5.65. The number of Topliss-reactive ketones (excluding diaryl/α,β-unsaturated/α-hetero) is 1. The molecule has 0 amide bonds. The molecule has 4 nitrogen and oxygen atoms in total. The summed E-state index contributed by atoms with van der Waals surface area (Å²) >= 11 is 0.0845. The summed E-state index contributed by atoms with van der Waals surface area (Å²) in [5, 5.41) is 0. The van der Waals surface area contributed by atoms with Crippen LogP contribution in [0.25, 0.3) is 0 Å². The van der Waals surface area contributed by atoms with E-state index in [9.17, 15) is 13.8 Å². The molecule has 0 aliphatic heterocycles. The normalized spacial score (nSPS) is 8.83. The van der Waals surface area contributed by atoms with Crippen molar-refractivity contribution in [3.63, 3.8) is 0 Å². The lowest BCUT2D eigenvalue weighted by Crippen LogP contribution is -2.16. The molecule has 0 aromatic carbocycles. The van der Waals surface area contributed by atoms with E-state index in [1.54, 1.807) is 0 Å². The first kappa shape index (κ1) is 11.0. The molecular formula is C7H10O4S. The van der Waals surface area contributed by atoms with E-state index in [4.69, 9.17) is 0 Å². The van der Waals surface area contributed by atoms with Crippen LogP contribution in [0.15, 0.2) is 0 Å². The summed E-state index contributed by atoms with van der Waals surface area (Å²) in [6.07, 6.45) is 0.385. The Hall–Kier alpha value is -0.970. The molecule has 0 fully saturated rings. The van der Waals surface area contributed by atoms with E-state index in [1.807, 2.05) is 0 Å². The summed E-state index contributed by atoms with van der Waals surface area (Å²) in [5.41, 5.74) is 0. The smallest absolute Gasteiger partial charge is 0.347 e. The van der Waals surface area contributed by atoms with Crippen molar-refractivity contribution in [2.75, 3.05) is 7.11 Å². The van der Waals surface area contributed by atoms with Crippen molar-refractivity contribution in [2.45, 2.75) is 19.8 Å². The highest BCUT2D eigenvalue weighted by Crippen LogP contribution is 1.94. The molecule has 0 aliphatic carbocycles. The van der Waals surface area contributed by atoms with Crippen molar-refractivity contribution in [3.05, 3.63) is 0 Å². The van der Waals surface area contributed by atoms with Crippen LogP contribution in [0.3, 0.4) is 0 Å². The summed E-state index contributed by atoms with van der Waals surface area (Å²) in [6, 6.07) is 0. The molecule has 0 spiro atoms. The lowest BCUT2D eigenvalue weighted by atomic mass is 10.2. The van der Waals surface area contributed by atoms with Crippen LogP contribution >= 0.6 is 0 Å². The van der Waals surface area contributed by atoms with Crippen LogP contribution < -0.4 is 0 Å². The van der Waals surface area contributed by atoms with Gasteiger partial charge in [0.2, 0.25) is 0 Å². The van der Waals surface area contributed by atoms with Crippen LogP contribution in [-0.2, 0) is 25.6 Å². The predicted molar refractivity (Wildman–Crippen MR) is 45.1 cm³/mol. The van der Waals surface area contributed by atoms with Crippen molar-refractivity contribution in [3.8, 4) is 0 Å². The van der Waals surface area contributed by atoms with E-state index in [0.29, 0.717) is 0 Å². The van der Waals surface area contributed by atoms with Crippen LogP contribution in [0.4, 0.5) is 0 Å². The number of carbonyl (C=O) groups is 2. The molecular weight excluding hydrogens is 180 g/mol. The summed E-state index contributed by atoms with van der Waals surface area (Å²) in [5.74, 6) is -0.693. The van der Waals surface area contributed by atoms with Crippen molar-refractivity contribution in [1.82, 2.24) is 0 Å². The topological polar surface area (TPSA) is 60.4 Å². The lowest BCUT2D eigenvalue weighted by molar-refractivity contribution is -0.132. The number of hydrogen-bond acceptors (Lipinski definition) is 4. The maximum Gasteiger partial charge on any atom is 0.347 e. The Labute approximate surface area is 74.0 Å². The number of carbonyl (C=O) groups excluding carboxylic acids is 2. The zero-order chi connectivity index (χ0) is 9.56. The summed E-state index contributed by atoms with van der Waals surface area (Å²) in [4.78, 5) is 21.3. The Balaban J connectivity index is 4.12. The molecule has 0 bridgehead atoms. The molecule has 0 saturated heterocycles. The molecule has 0 saturated carbocycles. The zero-order valence-electron chi connectivity index (χ0n) is 6.96. The molecule has 5 heteroatoms. The molecule has 0 N–H and O–H groups in total. The van der Waals surface area contributed by atoms with Gasteiger partial charge in [0.15, 0.2) is 0 Å². The first-order chi connectivity index (χ1) is 5.61. The Kier molecular flexibility index (Phi) is 5.19. The van der Waals surface area contributed by atoms with E-state index in [0.717, 1.165) is 0 Å². The minimum Gasteiger partial charge on any atom is -0.465 e. The number of ether oxygens (including phenoxy) is 1. The Morgan fingerprint density at radius 1 is 1.33 bits per heavy atom. The highest BCUT2D eigenvalue weighted by Gasteiger charge is 2.11. The zero-order valence-corrected chi connectivity index (χ0v) is 7.77. The predicted octanol–water partition coefficient (Wildman–Crippen LogP) is -0.0860. The van der Waals surface area contributed by atoms with Crippen molar-refractivity contribution < 1.29 is 18.5 Å². The first-order valence-corrected chi connectivity index (χ1v) is 4.09. The van der Waals surface area contributed by atoms with Crippen LogP contribution in [0.2, 0.25) is 0 Å². The van der Waals surface area contributed by atoms with Gasteiger partial charge in [-0.3, -0.25) is 0 Å². The van der Waals surface area contributed by atoms with Gasteiger partial charge in [-0.1, -0.05) is 0 Å². The maximum atomic E-state index is 10.8. The number of hydrogen-bond donors (Lipinski definition) is 0. The fraction of sp³-hybridized carbons (Fsp3) is 0.571. The molecule has 0 radical (unpaired) electrons. The van der Waals surface area contributed by atoms with Crippen LogP contribution in [0.1, 0.15) is 19.8 Å². The van der Waals surface area contributed by atoms with Crippen molar-refractivity contribution in [2.24, 2.45) is 0 Å². The average Bonchev–Trinajstić information content (AvgIpc) is 2.04.